The third kappa shape index (κ3) is 6.15. The minimum Gasteiger partial charge on any atom is -0.495 e. The van der Waals surface area contributed by atoms with Gasteiger partial charge in [-0.2, -0.15) is 0 Å². The Morgan fingerprint density at radius 3 is 2.49 bits per heavy atom. The molecule has 0 aliphatic rings. The van der Waals surface area contributed by atoms with Crippen LogP contribution in [0.5, 0.6) is 5.75 Å². The molecule has 2 N–H and O–H groups in total. The second kappa shape index (κ2) is 11.3. The molecule has 0 saturated carbocycles. The van der Waals surface area contributed by atoms with Crippen molar-refractivity contribution in [2.24, 2.45) is 0 Å². The molecule has 4 aromatic carbocycles. The van der Waals surface area contributed by atoms with Crippen molar-refractivity contribution in [1.29, 1.82) is 0 Å². The van der Waals surface area contributed by atoms with Crippen LogP contribution in [-0.2, 0) is 4.79 Å². The molecule has 7 heteroatoms. The quantitative estimate of drug-likeness (QED) is 0.248. The van der Waals surface area contributed by atoms with E-state index in [1.54, 1.807) is 25.3 Å². The molecule has 4 rings (SSSR count). The molecule has 0 heterocycles. The Balaban J connectivity index is 1.45. The largest absolute Gasteiger partial charge is 0.495 e. The highest BCUT2D eigenvalue weighted by atomic mass is 35.5. The first-order chi connectivity index (χ1) is 17.0. The smallest absolute Gasteiger partial charge is 0.255 e. The van der Waals surface area contributed by atoms with Crippen LogP contribution in [0.1, 0.15) is 23.7 Å². The number of rotatable bonds is 8. The van der Waals surface area contributed by atoms with Gasteiger partial charge in [0, 0.05) is 21.2 Å². The maximum absolute atomic E-state index is 13.0. The number of carbonyl (C=O) groups is 2. The van der Waals surface area contributed by atoms with E-state index in [2.05, 4.69) is 10.6 Å². The summed E-state index contributed by atoms with van der Waals surface area (Å²) in [4.78, 5) is 26.7. The number of benzene rings is 4. The van der Waals surface area contributed by atoms with E-state index in [9.17, 15) is 9.59 Å². The molecule has 5 nitrogen and oxygen atoms in total. The first-order valence-electron chi connectivity index (χ1n) is 11.2. The van der Waals surface area contributed by atoms with Crippen molar-refractivity contribution in [2.75, 3.05) is 17.7 Å². The van der Waals surface area contributed by atoms with Crippen LogP contribution in [0.4, 0.5) is 11.4 Å². The molecular formula is C28H25ClN2O3S. The van der Waals surface area contributed by atoms with Gasteiger partial charge in [-0.3, -0.25) is 9.59 Å². The van der Waals surface area contributed by atoms with E-state index >= 15 is 0 Å². The molecule has 0 fully saturated rings. The number of ether oxygens (including phenoxy) is 1. The van der Waals surface area contributed by atoms with Crippen molar-refractivity contribution < 1.29 is 14.3 Å². The summed E-state index contributed by atoms with van der Waals surface area (Å²) >= 11 is 7.52. The molecule has 0 radical (unpaired) electrons. The van der Waals surface area contributed by atoms with Gasteiger partial charge in [0.05, 0.1) is 18.0 Å². The van der Waals surface area contributed by atoms with E-state index in [4.69, 9.17) is 16.3 Å². The van der Waals surface area contributed by atoms with Crippen LogP contribution in [0, 0.1) is 0 Å². The average Bonchev–Trinajstić information content (AvgIpc) is 2.87. The number of thioether (sulfide) groups is 1. The zero-order valence-corrected chi connectivity index (χ0v) is 21.0. The van der Waals surface area contributed by atoms with E-state index in [-0.39, 0.29) is 17.1 Å². The lowest BCUT2D eigenvalue weighted by molar-refractivity contribution is -0.115. The number of amides is 2. The molecule has 4 aromatic rings. The third-order valence-corrected chi connectivity index (χ3v) is 7.06. The fourth-order valence-electron chi connectivity index (χ4n) is 3.66. The summed E-state index contributed by atoms with van der Waals surface area (Å²) in [5.74, 6) is 0.209. The monoisotopic (exact) mass is 504 g/mol. The maximum atomic E-state index is 13.0. The van der Waals surface area contributed by atoms with Crippen molar-refractivity contribution in [2.45, 2.75) is 23.5 Å². The predicted octanol–water partition coefficient (Wildman–Crippen LogP) is 7.26. The van der Waals surface area contributed by atoms with Crippen LogP contribution in [0.15, 0.2) is 89.8 Å². The second-order valence-electron chi connectivity index (χ2n) is 7.89. The number of hydrogen-bond donors (Lipinski definition) is 2. The van der Waals surface area contributed by atoms with Crippen LogP contribution in [-0.4, -0.2) is 24.2 Å². The summed E-state index contributed by atoms with van der Waals surface area (Å²) in [6.45, 7) is 1.96. The molecule has 0 bridgehead atoms. The van der Waals surface area contributed by atoms with Crippen molar-refractivity contribution in [3.63, 3.8) is 0 Å². The molecule has 0 saturated heterocycles. The number of nitrogens with one attached hydrogen (secondary N) is 2. The highest BCUT2D eigenvalue weighted by molar-refractivity contribution is 8.00. The first-order valence-corrected chi connectivity index (χ1v) is 12.4. The van der Waals surface area contributed by atoms with Gasteiger partial charge in [0.15, 0.2) is 0 Å². The summed E-state index contributed by atoms with van der Waals surface area (Å²) in [6.07, 6.45) is 0.618. The van der Waals surface area contributed by atoms with Gasteiger partial charge in [0.25, 0.3) is 5.91 Å². The van der Waals surface area contributed by atoms with Crippen molar-refractivity contribution in [1.82, 2.24) is 0 Å². The summed E-state index contributed by atoms with van der Waals surface area (Å²) in [5.41, 5.74) is 1.78. The minimum absolute atomic E-state index is 0.149. The van der Waals surface area contributed by atoms with Crippen LogP contribution in [0.2, 0.25) is 5.02 Å². The molecule has 35 heavy (non-hydrogen) atoms. The van der Waals surface area contributed by atoms with E-state index in [0.717, 1.165) is 15.7 Å². The van der Waals surface area contributed by atoms with Crippen LogP contribution < -0.4 is 15.4 Å². The Hall–Kier alpha value is -3.48. The number of methoxy groups -OCH3 is 1. The first kappa shape index (κ1) is 24.6. The Labute approximate surface area is 213 Å². The molecule has 0 aliphatic heterocycles. The molecular weight excluding hydrogens is 480 g/mol. The standard InChI is InChI=1S/C28H25ClN2O3S/c1-3-26(28(33)31-24-16-21(29)13-14-25(24)34-2)35-23-10-6-9-22(17-23)30-27(32)20-12-11-18-7-4-5-8-19(18)15-20/h4-17,26H,3H2,1-2H3,(H,30,32)(H,31,33). The van der Waals surface area contributed by atoms with E-state index < -0.39 is 0 Å². The van der Waals surface area contributed by atoms with Gasteiger partial charge < -0.3 is 15.4 Å². The lowest BCUT2D eigenvalue weighted by Crippen LogP contribution is -2.24. The van der Waals surface area contributed by atoms with Gasteiger partial charge in [0.2, 0.25) is 5.91 Å². The Morgan fingerprint density at radius 1 is 0.914 bits per heavy atom. The fourth-order valence-corrected chi connectivity index (χ4v) is 4.84. The third-order valence-electron chi connectivity index (χ3n) is 5.46. The van der Waals surface area contributed by atoms with E-state index in [1.807, 2.05) is 73.7 Å². The van der Waals surface area contributed by atoms with Gasteiger partial charge in [-0.25, -0.2) is 0 Å². The highest BCUT2D eigenvalue weighted by Crippen LogP contribution is 2.32. The lowest BCUT2D eigenvalue weighted by Gasteiger charge is -2.17. The number of halogens is 1. The molecule has 1 atom stereocenters. The average molecular weight is 505 g/mol. The van der Waals surface area contributed by atoms with Crippen LogP contribution in [0.25, 0.3) is 10.8 Å². The topological polar surface area (TPSA) is 67.4 Å². The number of fused-ring (bicyclic) bond motifs is 1. The van der Waals surface area contributed by atoms with Gasteiger partial charge in [-0.1, -0.05) is 54.9 Å². The molecule has 0 spiro atoms. The van der Waals surface area contributed by atoms with Crippen LogP contribution >= 0.6 is 23.4 Å². The SMILES string of the molecule is CCC(Sc1cccc(NC(=O)c2ccc3ccccc3c2)c1)C(=O)Nc1cc(Cl)ccc1OC. The summed E-state index contributed by atoms with van der Waals surface area (Å²) in [5, 5.41) is 8.14. The van der Waals surface area contributed by atoms with Crippen LogP contribution in [0.3, 0.4) is 0 Å². The van der Waals surface area contributed by atoms with Gasteiger partial charge >= 0.3 is 0 Å². The molecule has 0 aliphatic carbocycles. The molecule has 0 aromatic heterocycles. The second-order valence-corrected chi connectivity index (χ2v) is 9.61. The lowest BCUT2D eigenvalue weighted by atomic mass is 10.1. The summed E-state index contributed by atoms with van der Waals surface area (Å²) < 4.78 is 5.33. The Kier molecular flexibility index (Phi) is 7.95. The zero-order chi connectivity index (χ0) is 24.8. The summed E-state index contributed by atoms with van der Waals surface area (Å²) in [7, 11) is 1.54. The van der Waals surface area contributed by atoms with Gasteiger partial charge in [-0.05, 0) is 65.7 Å². The molecule has 178 valence electrons. The number of carbonyl (C=O) groups excluding carboxylic acids is 2. The fraction of sp³-hybridized carbons (Fsp3) is 0.143. The van der Waals surface area contributed by atoms with Crippen molar-refractivity contribution in [3.8, 4) is 5.75 Å². The zero-order valence-electron chi connectivity index (χ0n) is 19.4. The van der Waals surface area contributed by atoms with Gasteiger partial charge in [-0.15, -0.1) is 11.8 Å². The molecule has 2 amide bonds. The predicted molar refractivity (Wildman–Crippen MR) is 145 cm³/mol. The van der Waals surface area contributed by atoms with E-state index in [0.29, 0.717) is 34.1 Å². The number of hydrogen-bond acceptors (Lipinski definition) is 4. The van der Waals surface area contributed by atoms with E-state index in [1.165, 1.54) is 11.8 Å². The maximum Gasteiger partial charge on any atom is 0.255 e. The number of anilines is 2. The summed E-state index contributed by atoms with van der Waals surface area (Å²) in [6, 6.07) is 26.1. The molecule has 1 unspecified atom stereocenters. The van der Waals surface area contributed by atoms with Gasteiger partial charge in [0.1, 0.15) is 5.75 Å². The Bertz CT molecular complexity index is 1380. The van der Waals surface area contributed by atoms with Crippen molar-refractivity contribution >= 4 is 57.3 Å². The highest BCUT2D eigenvalue weighted by Gasteiger charge is 2.20. The van der Waals surface area contributed by atoms with Crippen molar-refractivity contribution in [3.05, 3.63) is 95.5 Å². The minimum atomic E-state index is -0.342. The Morgan fingerprint density at radius 2 is 1.71 bits per heavy atom. The normalized spacial score (nSPS) is 11.6.